The number of carbonyl (C=O) groups excluding carboxylic acids is 1. The van der Waals surface area contributed by atoms with E-state index in [1.807, 2.05) is 36.4 Å². The monoisotopic (exact) mass is 255 g/mol. The number of pyridine rings is 1. The van der Waals surface area contributed by atoms with Crippen LogP contribution in [0.4, 0.5) is 11.5 Å². The third kappa shape index (κ3) is 4.10. The summed E-state index contributed by atoms with van der Waals surface area (Å²) in [5, 5.41) is 2.68. The van der Waals surface area contributed by atoms with Gasteiger partial charge in [-0.2, -0.15) is 0 Å². The number of aromatic nitrogens is 1. The zero-order chi connectivity index (χ0) is 13.7. The summed E-state index contributed by atoms with van der Waals surface area (Å²) in [4.78, 5) is 15.1. The van der Waals surface area contributed by atoms with Crippen molar-refractivity contribution in [3.8, 4) is 0 Å². The molecule has 0 fully saturated rings. The molecule has 1 aromatic carbocycles. The standard InChI is InChI=1S/C15H17N3O/c1-11(19)18-15-10-13(8-9-17-15)3-2-12-4-6-14(16)7-5-12/h4-10H,2-3,16H2,1H3,(H,17,18,19). The van der Waals surface area contributed by atoms with Crippen LogP contribution in [0.2, 0.25) is 0 Å². The lowest BCUT2D eigenvalue weighted by atomic mass is 10.1. The Hall–Kier alpha value is -2.36. The first kappa shape index (κ1) is 13.1. The summed E-state index contributed by atoms with van der Waals surface area (Å²) < 4.78 is 0. The molecule has 98 valence electrons. The van der Waals surface area contributed by atoms with Crippen molar-refractivity contribution in [1.82, 2.24) is 4.98 Å². The fourth-order valence-corrected chi connectivity index (χ4v) is 1.85. The van der Waals surface area contributed by atoms with Gasteiger partial charge < -0.3 is 11.1 Å². The van der Waals surface area contributed by atoms with Gasteiger partial charge in [0.25, 0.3) is 0 Å². The van der Waals surface area contributed by atoms with Gasteiger partial charge in [0.05, 0.1) is 0 Å². The predicted molar refractivity (Wildman–Crippen MR) is 76.8 cm³/mol. The molecule has 0 aliphatic rings. The number of nitrogens with one attached hydrogen (secondary N) is 1. The summed E-state index contributed by atoms with van der Waals surface area (Å²) in [7, 11) is 0. The number of hydrogen-bond donors (Lipinski definition) is 2. The normalized spacial score (nSPS) is 10.2. The van der Waals surface area contributed by atoms with Crippen LogP contribution in [0.1, 0.15) is 18.1 Å². The van der Waals surface area contributed by atoms with Gasteiger partial charge in [-0.25, -0.2) is 4.98 Å². The van der Waals surface area contributed by atoms with Crippen LogP contribution in [0, 0.1) is 0 Å². The second kappa shape index (κ2) is 6.00. The molecule has 0 aliphatic heterocycles. The maximum absolute atomic E-state index is 11.0. The third-order valence-electron chi connectivity index (χ3n) is 2.81. The van der Waals surface area contributed by atoms with Gasteiger partial charge >= 0.3 is 0 Å². The Bertz CT molecular complexity index is 564. The number of aryl methyl sites for hydroxylation is 2. The van der Waals surface area contributed by atoms with Gasteiger partial charge in [-0.3, -0.25) is 4.79 Å². The Morgan fingerprint density at radius 3 is 2.53 bits per heavy atom. The van der Waals surface area contributed by atoms with Gasteiger partial charge in [0.2, 0.25) is 5.91 Å². The Morgan fingerprint density at radius 1 is 1.16 bits per heavy atom. The summed E-state index contributed by atoms with van der Waals surface area (Å²) in [6.07, 6.45) is 3.55. The van der Waals surface area contributed by atoms with E-state index in [4.69, 9.17) is 5.73 Å². The number of anilines is 2. The van der Waals surface area contributed by atoms with E-state index >= 15 is 0 Å². The average Bonchev–Trinajstić information content (AvgIpc) is 2.38. The van der Waals surface area contributed by atoms with Gasteiger partial charge in [-0.05, 0) is 48.2 Å². The maximum atomic E-state index is 11.0. The minimum atomic E-state index is -0.108. The fourth-order valence-electron chi connectivity index (χ4n) is 1.85. The second-order valence-corrected chi connectivity index (χ2v) is 4.47. The van der Waals surface area contributed by atoms with Crippen LogP contribution in [0.3, 0.4) is 0 Å². The highest BCUT2D eigenvalue weighted by Crippen LogP contribution is 2.12. The lowest BCUT2D eigenvalue weighted by Crippen LogP contribution is -2.07. The third-order valence-corrected chi connectivity index (χ3v) is 2.81. The topological polar surface area (TPSA) is 68.0 Å². The molecule has 1 amide bonds. The SMILES string of the molecule is CC(=O)Nc1cc(CCc2ccc(N)cc2)ccn1. The van der Waals surface area contributed by atoms with Crippen LogP contribution in [-0.2, 0) is 17.6 Å². The van der Waals surface area contributed by atoms with Crippen LogP contribution in [0.15, 0.2) is 42.6 Å². The van der Waals surface area contributed by atoms with Crippen LogP contribution < -0.4 is 11.1 Å². The molecule has 0 aliphatic carbocycles. The highest BCUT2D eigenvalue weighted by Gasteiger charge is 2.00. The van der Waals surface area contributed by atoms with Crippen LogP contribution in [-0.4, -0.2) is 10.9 Å². The van der Waals surface area contributed by atoms with E-state index < -0.39 is 0 Å². The van der Waals surface area contributed by atoms with Gasteiger partial charge in [0, 0.05) is 18.8 Å². The molecule has 0 bridgehead atoms. The minimum Gasteiger partial charge on any atom is -0.399 e. The van der Waals surface area contributed by atoms with E-state index in [0.717, 1.165) is 24.1 Å². The molecule has 19 heavy (non-hydrogen) atoms. The van der Waals surface area contributed by atoms with Crippen molar-refractivity contribution in [2.45, 2.75) is 19.8 Å². The summed E-state index contributed by atoms with van der Waals surface area (Å²) in [5.74, 6) is 0.491. The molecule has 3 N–H and O–H groups in total. The molecule has 0 atom stereocenters. The number of hydrogen-bond acceptors (Lipinski definition) is 3. The van der Waals surface area contributed by atoms with Crippen LogP contribution in [0.25, 0.3) is 0 Å². The summed E-state index contributed by atoms with van der Waals surface area (Å²) in [6.45, 7) is 1.47. The van der Waals surface area contributed by atoms with Crippen molar-refractivity contribution >= 4 is 17.4 Å². The zero-order valence-corrected chi connectivity index (χ0v) is 10.9. The smallest absolute Gasteiger partial charge is 0.222 e. The number of nitrogen functional groups attached to an aromatic ring is 1. The van der Waals surface area contributed by atoms with E-state index in [1.165, 1.54) is 12.5 Å². The molecule has 4 heteroatoms. The van der Waals surface area contributed by atoms with Gasteiger partial charge in [0.1, 0.15) is 5.82 Å². The molecule has 2 rings (SSSR count). The van der Waals surface area contributed by atoms with E-state index in [-0.39, 0.29) is 5.91 Å². The largest absolute Gasteiger partial charge is 0.399 e. The quantitative estimate of drug-likeness (QED) is 0.824. The van der Waals surface area contributed by atoms with Gasteiger partial charge in [-0.1, -0.05) is 12.1 Å². The van der Waals surface area contributed by atoms with E-state index in [1.54, 1.807) is 6.20 Å². The summed E-state index contributed by atoms with van der Waals surface area (Å²) >= 11 is 0. The molecule has 4 nitrogen and oxygen atoms in total. The van der Waals surface area contributed by atoms with Crippen molar-refractivity contribution in [2.75, 3.05) is 11.1 Å². The molecular weight excluding hydrogens is 238 g/mol. The second-order valence-electron chi connectivity index (χ2n) is 4.47. The number of nitrogens with two attached hydrogens (primary N) is 1. The molecule has 2 aromatic rings. The Kier molecular flexibility index (Phi) is 4.13. The first-order valence-corrected chi connectivity index (χ1v) is 6.20. The Balaban J connectivity index is 1.99. The van der Waals surface area contributed by atoms with E-state index in [9.17, 15) is 4.79 Å². The first-order valence-electron chi connectivity index (χ1n) is 6.20. The highest BCUT2D eigenvalue weighted by molar-refractivity contribution is 5.87. The van der Waals surface area contributed by atoms with Gasteiger partial charge in [0.15, 0.2) is 0 Å². The highest BCUT2D eigenvalue weighted by atomic mass is 16.1. The molecule has 0 spiro atoms. The number of carbonyl (C=O) groups is 1. The molecule has 0 saturated carbocycles. The molecule has 0 saturated heterocycles. The average molecular weight is 255 g/mol. The fraction of sp³-hybridized carbons (Fsp3) is 0.200. The van der Waals surface area contributed by atoms with Crippen LogP contribution >= 0.6 is 0 Å². The van der Waals surface area contributed by atoms with Crippen molar-refractivity contribution < 1.29 is 4.79 Å². The minimum absolute atomic E-state index is 0.108. The van der Waals surface area contributed by atoms with Crippen molar-refractivity contribution in [2.24, 2.45) is 0 Å². The Morgan fingerprint density at radius 2 is 1.84 bits per heavy atom. The molecule has 1 heterocycles. The van der Waals surface area contributed by atoms with E-state index in [0.29, 0.717) is 5.82 Å². The molecule has 0 unspecified atom stereocenters. The summed E-state index contributed by atoms with van der Waals surface area (Å²) in [5.41, 5.74) is 8.82. The van der Waals surface area contributed by atoms with E-state index in [2.05, 4.69) is 10.3 Å². The Labute approximate surface area is 112 Å². The van der Waals surface area contributed by atoms with Crippen molar-refractivity contribution in [3.05, 3.63) is 53.7 Å². The zero-order valence-electron chi connectivity index (χ0n) is 10.9. The number of amides is 1. The van der Waals surface area contributed by atoms with Crippen molar-refractivity contribution in [3.63, 3.8) is 0 Å². The van der Waals surface area contributed by atoms with Crippen LogP contribution in [0.5, 0.6) is 0 Å². The lowest BCUT2D eigenvalue weighted by molar-refractivity contribution is -0.114. The van der Waals surface area contributed by atoms with Gasteiger partial charge in [-0.15, -0.1) is 0 Å². The maximum Gasteiger partial charge on any atom is 0.222 e. The lowest BCUT2D eigenvalue weighted by Gasteiger charge is -2.05. The number of rotatable bonds is 4. The molecular formula is C15H17N3O. The summed E-state index contributed by atoms with van der Waals surface area (Å²) in [6, 6.07) is 11.7. The molecule has 1 aromatic heterocycles. The predicted octanol–water partition coefficient (Wildman–Crippen LogP) is 2.41. The van der Waals surface area contributed by atoms with Crippen molar-refractivity contribution in [1.29, 1.82) is 0 Å². The molecule has 0 radical (unpaired) electrons. The number of nitrogens with zero attached hydrogens (tertiary/aromatic N) is 1. The first-order chi connectivity index (χ1) is 9.13. The number of benzene rings is 1.